The van der Waals surface area contributed by atoms with E-state index in [0.717, 1.165) is 57.9 Å². The molecule has 1 aromatic rings. The zero-order valence-electron chi connectivity index (χ0n) is 20.5. The molecule has 2 amide bonds. The molecule has 4 saturated carbocycles. The number of nitrogens with one attached hydrogen (secondary N) is 1. The summed E-state index contributed by atoms with van der Waals surface area (Å²) in [5.41, 5.74) is 0.282. The van der Waals surface area contributed by atoms with Crippen molar-refractivity contribution in [1.29, 1.82) is 0 Å². The average molecular weight is 486 g/mol. The van der Waals surface area contributed by atoms with Gasteiger partial charge in [0.1, 0.15) is 5.82 Å². The highest BCUT2D eigenvalue weighted by molar-refractivity contribution is 5.87. The van der Waals surface area contributed by atoms with Crippen molar-refractivity contribution in [2.24, 2.45) is 23.2 Å². The lowest BCUT2D eigenvalue weighted by Crippen LogP contribution is -2.65. The normalized spacial score (nSPS) is 37.9. The van der Waals surface area contributed by atoms with Crippen LogP contribution in [0.5, 0.6) is 0 Å². The minimum atomic E-state index is -0.606. The van der Waals surface area contributed by atoms with Crippen molar-refractivity contribution in [2.75, 3.05) is 36.5 Å². The van der Waals surface area contributed by atoms with Gasteiger partial charge in [0.15, 0.2) is 0 Å². The molecular formula is C27H36FN3O4. The number of piperidine rings is 1. The van der Waals surface area contributed by atoms with Crippen molar-refractivity contribution in [3.63, 3.8) is 0 Å². The van der Waals surface area contributed by atoms with Gasteiger partial charge in [0.25, 0.3) is 0 Å². The maximum absolute atomic E-state index is 15.1. The molecular weight excluding hydrogens is 449 g/mol. The molecule has 8 heteroatoms. The van der Waals surface area contributed by atoms with E-state index in [0.29, 0.717) is 42.2 Å². The van der Waals surface area contributed by atoms with Crippen molar-refractivity contribution < 1.29 is 23.8 Å². The first-order valence-electron chi connectivity index (χ1n) is 13.3. The molecule has 7 rings (SSSR count). The maximum Gasteiger partial charge on any atom is 0.411 e. The van der Waals surface area contributed by atoms with E-state index < -0.39 is 17.3 Å². The van der Waals surface area contributed by atoms with Crippen molar-refractivity contribution >= 4 is 23.4 Å². The maximum atomic E-state index is 15.1. The van der Waals surface area contributed by atoms with Gasteiger partial charge >= 0.3 is 6.09 Å². The third kappa shape index (κ3) is 3.71. The van der Waals surface area contributed by atoms with Crippen LogP contribution in [-0.4, -0.2) is 59.9 Å². The molecule has 0 aromatic heterocycles. The molecule has 6 aliphatic rings. The average Bonchev–Trinajstić information content (AvgIpc) is 3.13. The monoisotopic (exact) mass is 485 g/mol. The zero-order chi connectivity index (χ0) is 24.4. The van der Waals surface area contributed by atoms with Crippen LogP contribution in [0.4, 0.5) is 20.6 Å². The van der Waals surface area contributed by atoms with E-state index in [2.05, 4.69) is 10.2 Å². The number of rotatable bonds is 4. The van der Waals surface area contributed by atoms with E-state index in [4.69, 9.17) is 4.74 Å². The summed E-state index contributed by atoms with van der Waals surface area (Å²) in [6.45, 7) is 3.98. The van der Waals surface area contributed by atoms with Crippen LogP contribution in [-0.2, 0) is 9.53 Å². The summed E-state index contributed by atoms with van der Waals surface area (Å²) < 4.78 is 20.0. The van der Waals surface area contributed by atoms with Crippen LogP contribution in [0.15, 0.2) is 18.2 Å². The van der Waals surface area contributed by atoms with Gasteiger partial charge < -0.3 is 19.6 Å². The Balaban J connectivity index is 1.19. The fraction of sp³-hybridized carbons (Fsp3) is 0.704. The number of anilines is 2. The minimum absolute atomic E-state index is 0.0791. The lowest BCUT2D eigenvalue weighted by atomic mass is 9.51. The number of aliphatic hydroxyl groups excluding tert-OH is 1. The Morgan fingerprint density at radius 1 is 1.20 bits per heavy atom. The van der Waals surface area contributed by atoms with Crippen molar-refractivity contribution in [2.45, 2.75) is 69.9 Å². The first-order chi connectivity index (χ1) is 16.8. The van der Waals surface area contributed by atoms with Crippen molar-refractivity contribution in [3.8, 4) is 0 Å². The number of hydrogen-bond acceptors (Lipinski definition) is 5. The van der Waals surface area contributed by atoms with Crippen LogP contribution in [0.3, 0.4) is 0 Å². The van der Waals surface area contributed by atoms with E-state index in [-0.39, 0.29) is 24.2 Å². The Morgan fingerprint density at radius 3 is 2.69 bits per heavy atom. The molecule has 6 fully saturated rings. The predicted molar refractivity (Wildman–Crippen MR) is 130 cm³/mol. The van der Waals surface area contributed by atoms with E-state index in [1.807, 2.05) is 4.90 Å². The Hall–Kier alpha value is -2.35. The highest BCUT2D eigenvalue weighted by atomic mass is 19.1. The second-order valence-corrected chi connectivity index (χ2v) is 11.7. The van der Waals surface area contributed by atoms with Gasteiger partial charge in [-0.2, -0.15) is 0 Å². The zero-order valence-corrected chi connectivity index (χ0v) is 20.5. The Bertz CT molecular complexity index is 1020. The number of likely N-dealkylation sites (tertiary alicyclic amines) is 1. The number of amides is 2. The van der Waals surface area contributed by atoms with Crippen LogP contribution in [0, 0.1) is 29.0 Å². The largest absolute Gasteiger partial charge is 0.450 e. The molecule has 2 saturated heterocycles. The molecule has 2 aliphatic heterocycles. The molecule has 2 N–H and O–H groups in total. The van der Waals surface area contributed by atoms with Gasteiger partial charge in [-0.05, 0) is 94.2 Å². The first kappa shape index (κ1) is 23.1. The Kier molecular flexibility index (Phi) is 5.51. The van der Waals surface area contributed by atoms with E-state index in [1.54, 1.807) is 19.1 Å². The highest BCUT2D eigenvalue weighted by Gasteiger charge is 2.62. The van der Waals surface area contributed by atoms with Gasteiger partial charge in [-0.25, -0.2) is 9.18 Å². The van der Waals surface area contributed by atoms with Crippen LogP contribution < -0.4 is 10.2 Å². The summed E-state index contributed by atoms with van der Waals surface area (Å²) in [5.74, 6) is 1.15. The molecule has 190 valence electrons. The molecule has 0 radical (unpaired) electrons. The summed E-state index contributed by atoms with van der Waals surface area (Å²) in [6, 6.07) is 4.69. The fourth-order valence-corrected chi connectivity index (χ4v) is 8.40. The number of hydrogen-bond donors (Lipinski definition) is 2. The number of nitrogens with zero attached hydrogens (tertiary/aromatic N) is 2. The Labute approximate surface area is 206 Å². The predicted octanol–water partition coefficient (Wildman–Crippen LogP) is 4.15. The van der Waals surface area contributed by atoms with Gasteiger partial charge in [0, 0.05) is 30.9 Å². The van der Waals surface area contributed by atoms with Crippen LogP contribution in [0.25, 0.3) is 0 Å². The minimum Gasteiger partial charge on any atom is -0.450 e. The number of benzene rings is 1. The molecule has 3 atom stereocenters. The summed E-state index contributed by atoms with van der Waals surface area (Å²) in [5, 5.41) is 13.2. The standard InChI is InChI=1S/C27H36FN3O4/c1-2-35-25(34)29-20-4-5-22(21(28)12-20)30-8-3-6-26(16-30)7-9-31(24(26)33)27-13-17-10-18(14-27)23(32)19(11-17)15-27/h4-5,12,17-19,23,32H,2-3,6-11,13-16H2,1H3,(H,29,34). The van der Waals surface area contributed by atoms with Gasteiger partial charge in [0.05, 0.1) is 23.8 Å². The van der Waals surface area contributed by atoms with Gasteiger partial charge in [-0.15, -0.1) is 0 Å². The molecule has 35 heavy (non-hydrogen) atoms. The summed E-state index contributed by atoms with van der Waals surface area (Å²) in [7, 11) is 0. The van der Waals surface area contributed by atoms with Gasteiger partial charge in [-0.3, -0.25) is 10.1 Å². The summed E-state index contributed by atoms with van der Waals surface area (Å²) in [6.07, 6.45) is 6.90. The van der Waals surface area contributed by atoms with E-state index in [1.165, 1.54) is 6.07 Å². The topological polar surface area (TPSA) is 82.1 Å². The molecule has 1 aromatic carbocycles. The third-order valence-corrected chi connectivity index (χ3v) is 9.66. The van der Waals surface area contributed by atoms with Crippen LogP contribution in [0.1, 0.15) is 58.3 Å². The van der Waals surface area contributed by atoms with E-state index >= 15 is 4.39 Å². The second-order valence-electron chi connectivity index (χ2n) is 11.7. The molecule has 1 spiro atoms. The summed E-state index contributed by atoms with van der Waals surface area (Å²) in [4.78, 5) is 29.9. The van der Waals surface area contributed by atoms with E-state index in [9.17, 15) is 14.7 Å². The smallest absolute Gasteiger partial charge is 0.411 e. The number of carbonyl (C=O) groups excluding carboxylic acids is 2. The number of halogens is 1. The first-order valence-corrected chi connectivity index (χ1v) is 13.3. The molecule has 3 unspecified atom stereocenters. The van der Waals surface area contributed by atoms with Gasteiger partial charge in [-0.1, -0.05) is 0 Å². The quantitative estimate of drug-likeness (QED) is 0.670. The summed E-state index contributed by atoms with van der Waals surface area (Å²) >= 11 is 0. The number of ether oxygens (including phenoxy) is 1. The highest BCUT2D eigenvalue weighted by Crippen LogP contribution is 2.59. The lowest BCUT2D eigenvalue weighted by Gasteiger charge is -2.61. The van der Waals surface area contributed by atoms with Crippen LogP contribution >= 0.6 is 0 Å². The SMILES string of the molecule is CCOC(=O)Nc1ccc(N2CCCC3(CCN(C45CC6CC(C4)C(O)C(C6)C5)C3=O)C2)c(F)c1. The molecule has 7 nitrogen and oxygen atoms in total. The van der Waals surface area contributed by atoms with Gasteiger partial charge in [0.2, 0.25) is 5.91 Å². The second kappa shape index (κ2) is 8.36. The van der Waals surface area contributed by atoms with Crippen LogP contribution in [0.2, 0.25) is 0 Å². The molecule has 2 heterocycles. The third-order valence-electron chi connectivity index (χ3n) is 9.66. The van der Waals surface area contributed by atoms with Crippen molar-refractivity contribution in [1.82, 2.24) is 4.90 Å². The lowest BCUT2D eigenvalue weighted by molar-refractivity contribution is -0.167. The number of carbonyl (C=O) groups is 2. The van der Waals surface area contributed by atoms with Crippen molar-refractivity contribution in [3.05, 3.63) is 24.0 Å². The fourth-order valence-electron chi connectivity index (χ4n) is 8.40. The Morgan fingerprint density at radius 2 is 1.97 bits per heavy atom. The molecule has 4 bridgehead atoms. The number of aliphatic hydroxyl groups is 1. The molecule has 4 aliphatic carbocycles.